The predicted molar refractivity (Wildman–Crippen MR) is 62.0 cm³/mol. The first-order valence-corrected chi connectivity index (χ1v) is 5.86. The normalized spacial score (nSPS) is 11.1. The van der Waals surface area contributed by atoms with Crippen molar-refractivity contribution in [2.24, 2.45) is 0 Å². The molecule has 2 N–H and O–H groups in total. The van der Waals surface area contributed by atoms with Crippen LogP contribution in [0.15, 0.2) is 6.20 Å². The Kier molecular flexibility index (Phi) is 3.70. The van der Waals surface area contributed by atoms with Crippen LogP contribution in [-0.2, 0) is 4.74 Å². The molecule has 6 nitrogen and oxygen atoms in total. The highest BCUT2D eigenvalue weighted by Crippen LogP contribution is 2.18. The second-order valence-electron chi connectivity index (χ2n) is 3.28. The second kappa shape index (κ2) is 5.24. The number of hydrogen-bond acceptors (Lipinski definition) is 6. The number of anilines is 1. The summed E-state index contributed by atoms with van der Waals surface area (Å²) in [4.78, 5) is 5.19. The molecular weight excluding hydrogens is 228 g/mol. The second-order valence-corrected chi connectivity index (χ2v) is 4.24. The van der Waals surface area contributed by atoms with E-state index in [0.29, 0.717) is 19.8 Å². The maximum Gasteiger partial charge on any atom is 0.214 e. The van der Waals surface area contributed by atoms with Crippen LogP contribution < -0.4 is 5.32 Å². The fraction of sp³-hybridized carbons (Fsp3) is 0.556. The minimum absolute atomic E-state index is 0.0599. The Balaban J connectivity index is 1.83. The molecule has 0 radical (unpaired) electrons. The molecule has 0 aromatic carbocycles. The van der Waals surface area contributed by atoms with Crippen LogP contribution in [0.5, 0.6) is 0 Å². The Morgan fingerprint density at radius 1 is 1.56 bits per heavy atom. The third kappa shape index (κ3) is 2.69. The fourth-order valence-corrected chi connectivity index (χ4v) is 2.13. The molecule has 0 fully saturated rings. The van der Waals surface area contributed by atoms with E-state index in [9.17, 15) is 0 Å². The maximum atomic E-state index is 8.51. The molecule has 2 aromatic heterocycles. The highest BCUT2D eigenvalue weighted by molar-refractivity contribution is 7.20. The zero-order chi connectivity index (χ0) is 11.4. The van der Waals surface area contributed by atoms with E-state index < -0.39 is 0 Å². The van der Waals surface area contributed by atoms with Gasteiger partial charge in [0.25, 0.3) is 0 Å². The van der Waals surface area contributed by atoms with Gasteiger partial charge in [0.15, 0.2) is 0 Å². The van der Waals surface area contributed by atoms with Crippen molar-refractivity contribution in [3.8, 4) is 0 Å². The number of nitrogens with zero attached hydrogens (tertiary/aromatic N) is 3. The number of aryl methyl sites for hydroxylation is 1. The topological polar surface area (TPSA) is 71.7 Å². The first-order valence-electron chi connectivity index (χ1n) is 5.05. The number of aromatic nitrogens is 3. The van der Waals surface area contributed by atoms with Crippen molar-refractivity contribution < 1.29 is 9.84 Å². The van der Waals surface area contributed by atoms with Crippen molar-refractivity contribution in [1.82, 2.24) is 14.6 Å². The summed E-state index contributed by atoms with van der Waals surface area (Å²) < 4.78 is 6.88. The van der Waals surface area contributed by atoms with Crippen molar-refractivity contribution >= 4 is 21.4 Å². The molecule has 0 unspecified atom stereocenters. The maximum absolute atomic E-state index is 8.51. The Labute approximate surface area is 96.9 Å². The van der Waals surface area contributed by atoms with Crippen LogP contribution in [0.25, 0.3) is 4.96 Å². The van der Waals surface area contributed by atoms with Gasteiger partial charge >= 0.3 is 0 Å². The molecule has 0 amide bonds. The Morgan fingerprint density at radius 3 is 3.19 bits per heavy atom. The summed E-state index contributed by atoms with van der Waals surface area (Å²) in [6.45, 7) is 3.61. The first-order chi connectivity index (χ1) is 7.79. The van der Waals surface area contributed by atoms with E-state index in [1.54, 1.807) is 4.52 Å². The van der Waals surface area contributed by atoms with Gasteiger partial charge in [-0.3, -0.25) is 0 Å². The van der Waals surface area contributed by atoms with Gasteiger partial charge in [-0.25, -0.2) is 9.50 Å². The molecule has 2 heterocycles. The molecule has 0 spiro atoms. The number of imidazole rings is 1. The summed E-state index contributed by atoms with van der Waals surface area (Å²) in [6.07, 6.45) is 1.89. The lowest BCUT2D eigenvalue weighted by Crippen LogP contribution is -2.11. The van der Waals surface area contributed by atoms with Crippen molar-refractivity contribution in [3.05, 3.63) is 11.9 Å². The zero-order valence-electron chi connectivity index (χ0n) is 9.01. The molecule has 0 bridgehead atoms. The van der Waals surface area contributed by atoms with Gasteiger partial charge in [0.1, 0.15) is 0 Å². The molecule has 0 aliphatic carbocycles. The quantitative estimate of drug-likeness (QED) is 0.723. The van der Waals surface area contributed by atoms with Gasteiger partial charge in [-0.1, -0.05) is 11.3 Å². The number of rotatable bonds is 6. The standard InChI is InChI=1S/C9H14N4O2S/c1-7-6-13-9(11-7)16-8(12-13)10-2-4-15-5-3-14/h6,14H,2-5H2,1H3,(H,10,12). The van der Waals surface area contributed by atoms with Gasteiger partial charge in [0, 0.05) is 6.54 Å². The smallest absolute Gasteiger partial charge is 0.214 e. The van der Waals surface area contributed by atoms with Crippen LogP contribution in [0.1, 0.15) is 5.69 Å². The van der Waals surface area contributed by atoms with Crippen molar-refractivity contribution in [1.29, 1.82) is 0 Å². The third-order valence-electron chi connectivity index (χ3n) is 1.92. The van der Waals surface area contributed by atoms with Crippen LogP contribution in [0, 0.1) is 6.92 Å². The molecular formula is C9H14N4O2S. The SMILES string of the molecule is Cc1cn2nc(NCCOCCO)sc2n1. The van der Waals surface area contributed by atoms with Crippen molar-refractivity contribution in [2.45, 2.75) is 6.92 Å². The summed E-state index contributed by atoms with van der Waals surface area (Å²) in [5, 5.41) is 16.8. The lowest BCUT2D eigenvalue weighted by Gasteiger charge is -2.02. The Bertz CT molecular complexity index is 422. The lowest BCUT2D eigenvalue weighted by atomic mass is 10.6. The van der Waals surface area contributed by atoms with Gasteiger partial charge in [0.05, 0.1) is 31.7 Å². The number of hydrogen-bond donors (Lipinski definition) is 2. The molecule has 16 heavy (non-hydrogen) atoms. The molecule has 2 rings (SSSR count). The number of aliphatic hydroxyl groups is 1. The van der Waals surface area contributed by atoms with Crippen LogP contribution >= 0.6 is 11.3 Å². The number of fused-ring (bicyclic) bond motifs is 1. The van der Waals surface area contributed by atoms with Gasteiger partial charge in [-0.2, -0.15) is 0 Å². The first kappa shape index (κ1) is 11.3. The third-order valence-corrected chi connectivity index (χ3v) is 2.80. The number of aliphatic hydroxyl groups excluding tert-OH is 1. The summed E-state index contributed by atoms with van der Waals surface area (Å²) in [5.74, 6) is 0. The average molecular weight is 242 g/mol. The summed E-state index contributed by atoms with van der Waals surface area (Å²) in [7, 11) is 0. The predicted octanol–water partition coefficient (Wildman–Crippen LogP) is 0.520. The largest absolute Gasteiger partial charge is 0.394 e. The highest BCUT2D eigenvalue weighted by Gasteiger charge is 2.04. The number of ether oxygens (including phenoxy) is 1. The summed E-state index contributed by atoms with van der Waals surface area (Å²) >= 11 is 1.51. The van der Waals surface area contributed by atoms with Gasteiger partial charge in [-0.15, -0.1) is 5.10 Å². The van der Waals surface area contributed by atoms with E-state index in [2.05, 4.69) is 15.4 Å². The molecule has 0 saturated carbocycles. The van der Waals surface area contributed by atoms with E-state index in [0.717, 1.165) is 15.8 Å². The van der Waals surface area contributed by atoms with E-state index in [1.165, 1.54) is 11.3 Å². The van der Waals surface area contributed by atoms with Gasteiger partial charge in [0.2, 0.25) is 10.1 Å². The fourth-order valence-electron chi connectivity index (χ4n) is 1.28. The molecule has 2 aromatic rings. The number of nitrogens with one attached hydrogen (secondary N) is 1. The minimum Gasteiger partial charge on any atom is -0.394 e. The van der Waals surface area contributed by atoms with Crippen LogP contribution in [0.2, 0.25) is 0 Å². The van der Waals surface area contributed by atoms with Gasteiger partial charge in [-0.05, 0) is 6.92 Å². The molecule has 88 valence electrons. The lowest BCUT2D eigenvalue weighted by molar-refractivity contribution is 0.0992. The Hall–Kier alpha value is -1.18. The van der Waals surface area contributed by atoms with Gasteiger partial charge < -0.3 is 15.2 Å². The molecule has 0 saturated heterocycles. The molecule has 7 heteroatoms. The van der Waals surface area contributed by atoms with E-state index in [1.807, 2.05) is 13.1 Å². The molecule has 0 atom stereocenters. The Morgan fingerprint density at radius 2 is 2.44 bits per heavy atom. The molecule has 0 aliphatic rings. The highest BCUT2D eigenvalue weighted by atomic mass is 32.1. The van der Waals surface area contributed by atoms with E-state index in [4.69, 9.17) is 9.84 Å². The average Bonchev–Trinajstić information content (AvgIpc) is 2.74. The van der Waals surface area contributed by atoms with Crippen LogP contribution in [-0.4, -0.2) is 46.1 Å². The summed E-state index contributed by atoms with van der Waals surface area (Å²) in [5.41, 5.74) is 0.969. The van der Waals surface area contributed by atoms with Crippen molar-refractivity contribution in [3.63, 3.8) is 0 Å². The monoisotopic (exact) mass is 242 g/mol. The van der Waals surface area contributed by atoms with Crippen LogP contribution in [0.4, 0.5) is 5.13 Å². The van der Waals surface area contributed by atoms with E-state index in [-0.39, 0.29) is 6.61 Å². The van der Waals surface area contributed by atoms with E-state index >= 15 is 0 Å². The zero-order valence-corrected chi connectivity index (χ0v) is 9.83. The van der Waals surface area contributed by atoms with Crippen molar-refractivity contribution in [2.75, 3.05) is 31.7 Å². The molecule has 0 aliphatic heterocycles. The minimum atomic E-state index is 0.0599. The van der Waals surface area contributed by atoms with Crippen LogP contribution in [0.3, 0.4) is 0 Å². The summed E-state index contributed by atoms with van der Waals surface area (Å²) in [6, 6.07) is 0.